The van der Waals surface area contributed by atoms with Crippen molar-refractivity contribution in [1.29, 1.82) is 0 Å². The van der Waals surface area contributed by atoms with Gasteiger partial charge in [0.15, 0.2) is 0 Å². The van der Waals surface area contributed by atoms with Crippen molar-refractivity contribution in [2.45, 2.75) is 45.2 Å². The Morgan fingerprint density at radius 2 is 2.00 bits per heavy atom. The summed E-state index contributed by atoms with van der Waals surface area (Å²) in [6.45, 7) is 6.97. The van der Waals surface area contributed by atoms with Gasteiger partial charge in [-0.1, -0.05) is 0 Å². The minimum absolute atomic E-state index is 0.0501. The van der Waals surface area contributed by atoms with E-state index in [4.69, 9.17) is 0 Å². The monoisotopic (exact) mass is 271 g/mol. The van der Waals surface area contributed by atoms with Gasteiger partial charge in [-0.15, -0.1) is 0 Å². The molecule has 1 aliphatic carbocycles. The van der Waals surface area contributed by atoms with Crippen LogP contribution in [0.25, 0.3) is 0 Å². The second-order valence-electron chi connectivity index (χ2n) is 5.74. The zero-order chi connectivity index (χ0) is 14.6. The third kappa shape index (κ3) is 4.38. The molecular weight excluding hydrogens is 246 g/mol. The Balaban J connectivity index is 2.36. The Morgan fingerprint density at radius 1 is 1.42 bits per heavy atom. The molecule has 0 spiro atoms. The lowest BCUT2D eigenvalue weighted by Gasteiger charge is -2.27. The summed E-state index contributed by atoms with van der Waals surface area (Å²) in [5.74, 6) is -0.918. The number of hydrogen-bond donors (Lipinski definition) is 3. The van der Waals surface area contributed by atoms with E-state index < -0.39 is 17.5 Å². The molecule has 1 rings (SSSR count). The third-order valence-corrected chi connectivity index (χ3v) is 3.84. The lowest BCUT2D eigenvalue weighted by Crippen LogP contribution is -2.57. The van der Waals surface area contributed by atoms with Gasteiger partial charge in [0.2, 0.25) is 0 Å². The number of urea groups is 1. The van der Waals surface area contributed by atoms with E-state index in [0.29, 0.717) is 12.6 Å². The lowest BCUT2D eigenvalue weighted by atomic mass is 9.96. The molecule has 0 aliphatic heterocycles. The number of hydrogen-bond acceptors (Lipinski definition) is 3. The molecule has 1 unspecified atom stereocenters. The fourth-order valence-electron chi connectivity index (χ4n) is 1.87. The Bertz CT molecular complexity index is 342. The standard InChI is InChI=1S/C13H25N3O3/c1-9(2)16(4)8-7-14-12(19)15-13(3,11(17)18)10-5-6-10/h9-10H,5-8H2,1-4H3,(H,17,18)(H2,14,15,19). The van der Waals surface area contributed by atoms with Gasteiger partial charge in [0.25, 0.3) is 0 Å². The highest BCUT2D eigenvalue weighted by Crippen LogP contribution is 2.39. The maximum Gasteiger partial charge on any atom is 0.329 e. The molecule has 0 radical (unpaired) electrons. The number of rotatable bonds is 7. The van der Waals surface area contributed by atoms with Gasteiger partial charge in [0.1, 0.15) is 5.54 Å². The summed E-state index contributed by atoms with van der Waals surface area (Å²) in [5, 5.41) is 14.5. The fraction of sp³-hybridized carbons (Fsp3) is 0.846. The molecule has 1 saturated carbocycles. The summed E-state index contributed by atoms with van der Waals surface area (Å²) in [5.41, 5.74) is -1.14. The molecule has 0 heterocycles. The van der Waals surface area contributed by atoms with Crippen LogP contribution < -0.4 is 10.6 Å². The molecule has 0 aromatic carbocycles. The highest BCUT2D eigenvalue weighted by Gasteiger charge is 2.48. The normalized spacial score (nSPS) is 18.2. The average molecular weight is 271 g/mol. The Labute approximate surface area is 114 Å². The Hall–Kier alpha value is -1.30. The number of carboxylic acid groups (broad SMARTS) is 1. The van der Waals surface area contributed by atoms with Crippen molar-refractivity contribution in [2.75, 3.05) is 20.1 Å². The summed E-state index contributed by atoms with van der Waals surface area (Å²) < 4.78 is 0. The second-order valence-corrected chi connectivity index (χ2v) is 5.74. The van der Waals surface area contributed by atoms with Crippen molar-refractivity contribution in [3.63, 3.8) is 0 Å². The highest BCUT2D eigenvalue weighted by molar-refractivity contribution is 5.86. The minimum Gasteiger partial charge on any atom is -0.480 e. The first-order valence-electron chi connectivity index (χ1n) is 6.77. The largest absolute Gasteiger partial charge is 0.480 e. The quantitative estimate of drug-likeness (QED) is 0.642. The molecule has 6 nitrogen and oxygen atoms in total. The minimum atomic E-state index is -1.14. The van der Waals surface area contributed by atoms with Crippen LogP contribution in [-0.2, 0) is 4.79 Å². The van der Waals surface area contributed by atoms with E-state index >= 15 is 0 Å². The molecule has 0 saturated heterocycles. The predicted octanol–water partition coefficient (Wildman–Crippen LogP) is 0.879. The molecular formula is C13H25N3O3. The Morgan fingerprint density at radius 3 is 2.42 bits per heavy atom. The molecule has 1 fully saturated rings. The van der Waals surface area contributed by atoms with Gasteiger partial charge >= 0.3 is 12.0 Å². The van der Waals surface area contributed by atoms with Crippen molar-refractivity contribution in [1.82, 2.24) is 15.5 Å². The van der Waals surface area contributed by atoms with Crippen molar-refractivity contribution in [3.05, 3.63) is 0 Å². The maximum atomic E-state index is 11.7. The third-order valence-electron chi connectivity index (χ3n) is 3.84. The molecule has 1 aliphatic rings. The Kier molecular flexibility index (Phi) is 5.17. The van der Waals surface area contributed by atoms with Crippen LogP contribution in [0.4, 0.5) is 4.79 Å². The summed E-state index contributed by atoms with van der Waals surface area (Å²) in [6, 6.07) is 0.00886. The molecule has 110 valence electrons. The zero-order valence-corrected chi connectivity index (χ0v) is 12.2. The zero-order valence-electron chi connectivity index (χ0n) is 12.2. The van der Waals surface area contributed by atoms with E-state index in [-0.39, 0.29) is 5.92 Å². The molecule has 19 heavy (non-hydrogen) atoms. The lowest BCUT2D eigenvalue weighted by molar-refractivity contribution is -0.144. The highest BCUT2D eigenvalue weighted by atomic mass is 16.4. The molecule has 0 aromatic heterocycles. The summed E-state index contributed by atoms with van der Waals surface area (Å²) in [4.78, 5) is 25.1. The summed E-state index contributed by atoms with van der Waals surface area (Å²) >= 11 is 0. The van der Waals surface area contributed by atoms with Crippen molar-refractivity contribution in [3.8, 4) is 0 Å². The molecule has 6 heteroatoms. The van der Waals surface area contributed by atoms with Gasteiger partial charge in [-0.2, -0.15) is 0 Å². The first-order valence-corrected chi connectivity index (χ1v) is 6.77. The summed E-state index contributed by atoms with van der Waals surface area (Å²) in [7, 11) is 1.98. The first kappa shape index (κ1) is 15.8. The molecule has 0 bridgehead atoms. The second kappa shape index (κ2) is 6.23. The number of aliphatic carboxylic acids is 1. The van der Waals surface area contributed by atoms with Crippen LogP contribution in [0.3, 0.4) is 0 Å². The van der Waals surface area contributed by atoms with Gasteiger partial charge in [0.05, 0.1) is 0 Å². The summed E-state index contributed by atoms with van der Waals surface area (Å²) in [6.07, 6.45) is 1.72. The molecule has 0 aromatic rings. The number of likely N-dealkylation sites (N-methyl/N-ethyl adjacent to an activating group) is 1. The number of carboxylic acids is 1. The molecule has 3 N–H and O–H groups in total. The average Bonchev–Trinajstić information content (AvgIpc) is 3.12. The van der Waals surface area contributed by atoms with Gasteiger partial charge in [-0.3, -0.25) is 0 Å². The number of amides is 2. The first-order chi connectivity index (χ1) is 8.77. The van der Waals surface area contributed by atoms with E-state index in [0.717, 1.165) is 19.4 Å². The smallest absolute Gasteiger partial charge is 0.329 e. The van der Waals surface area contributed by atoms with Crippen LogP contribution in [-0.4, -0.2) is 53.7 Å². The van der Waals surface area contributed by atoms with E-state index in [9.17, 15) is 14.7 Å². The fourth-order valence-corrected chi connectivity index (χ4v) is 1.87. The van der Waals surface area contributed by atoms with E-state index in [1.807, 2.05) is 7.05 Å². The van der Waals surface area contributed by atoms with E-state index in [1.165, 1.54) is 0 Å². The van der Waals surface area contributed by atoms with Crippen LogP contribution >= 0.6 is 0 Å². The number of nitrogens with one attached hydrogen (secondary N) is 2. The number of nitrogens with zero attached hydrogens (tertiary/aromatic N) is 1. The molecule has 2 amide bonds. The topological polar surface area (TPSA) is 81.7 Å². The van der Waals surface area contributed by atoms with Gasteiger partial charge in [-0.05, 0) is 46.6 Å². The molecule has 1 atom stereocenters. The van der Waals surface area contributed by atoms with Crippen molar-refractivity contribution < 1.29 is 14.7 Å². The van der Waals surface area contributed by atoms with E-state index in [1.54, 1.807) is 6.92 Å². The number of carbonyl (C=O) groups excluding carboxylic acids is 1. The SMILES string of the molecule is CC(C)N(C)CCNC(=O)NC(C)(C(=O)O)C1CC1. The van der Waals surface area contributed by atoms with Crippen LogP contribution in [0.2, 0.25) is 0 Å². The van der Waals surface area contributed by atoms with Crippen molar-refractivity contribution >= 4 is 12.0 Å². The van der Waals surface area contributed by atoms with E-state index in [2.05, 4.69) is 29.4 Å². The van der Waals surface area contributed by atoms with Crippen molar-refractivity contribution in [2.24, 2.45) is 5.92 Å². The van der Waals surface area contributed by atoms with Gasteiger partial charge in [-0.25, -0.2) is 9.59 Å². The predicted molar refractivity (Wildman–Crippen MR) is 73.1 cm³/mol. The van der Waals surface area contributed by atoms with Gasteiger partial charge < -0.3 is 20.6 Å². The van der Waals surface area contributed by atoms with Crippen LogP contribution in [0, 0.1) is 5.92 Å². The van der Waals surface area contributed by atoms with Gasteiger partial charge in [0, 0.05) is 19.1 Å². The van der Waals surface area contributed by atoms with Crippen LogP contribution in [0.15, 0.2) is 0 Å². The van der Waals surface area contributed by atoms with Crippen LogP contribution in [0.1, 0.15) is 33.6 Å². The maximum absolute atomic E-state index is 11.7. The van der Waals surface area contributed by atoms with Crippen LogP contribution in [0.5, 0.6) is 0 Å². The number of carbonyl (C=O) groups is 2.